The molecule has 0 bridgehead atoms. The number of methoxy groups -OCH3 is 1. The summed E-state index contributed by atoms with van der Waals surface area (Å²) in [6.07, 6.45) is 0.0786. The highest BCUT2D eigenvalue weighted by molar-refractivity contribution is 9.10. The molecule has 23 heavy (non-hydrogen) atoms. The third kappa shape index (κ3) is 3.11. The molecule has 1 aliphatic rings. The van der Waals surface area contributed by atoms with Crippen LogP contribution in [0.25, 0.3) is 11.0 Å². The SMILES string of the molecule is COC(=O)c1cc(Br)c2oc(N3CCOC(C)C3)cc(=O)c2c1. The number of morpholine rings is 1. The van der Waals surface area contributed by atoms with E-state index in [-0.39, 0.29) is 11.5 Å². The Hall–Kier alpha value is -1.86. The van der Waals surface area contributed by atoms with Gasteiger partial charge in [-0.25, -0.2) is 4.79 Å². The van der Waals surface area contributed by atoms with Crippen LogP contribution in [-0.2, 0) is 9.47 Å². The standard InChI is InChI=1S/C16H16BrNO5/c1-9-8-18(3-4-22-9)14-7-13(19)11-5-10(16(20)21-2)6-12(17)15(11)23-14/h5-7,9H,3-4,8H2,1-2H3. The minimum absolute atomic E-state index is 0.0786. The maximum Gasteiger partial charge on any atom is 0.337 e. The third-order valence-corrected chi connectivity index (χ3v) is 4.33. The van der Waals surface area contributed by atoms with Gasteiger partial charge in [-0.1, -0.05) is 0 Å². The number of carbonyl (C=O) groups excluding carboxylic acids is 1. The van der Waals surface area contributed by atoms with Crippen molar-refractivity contribution >= 4 is 38.8 Å². The Morgan fingerprint density at radius 2 is 2.17 bits per heavy atom. The highest BCUT2D eigenvalue weighted by Gasteiger charge is 2.21. The minimum atomic E-state index is -0.502. The van der Waals surface area contributed by atoms with E-state index in [1.165, 1.54) is 19.2 Å². The van der Waals surface area contributed by atoms with Gasteiger partial charge in [0, 0.05) is 19.2 Å². The predicted molar refractivity (Wildman–Crippen MR) is 89.2 cm³/mol. The molecule has 0 radical (unpaired) electrons. The van der Waals surface area contributed by atoms with Gasteiger partial charge in [-0.15, -0.1) is 0 Å². The van der Waals surface area contributed by atoms with Crippen molar-refractivity contribution in [3.8, 4) is 0 Å². The summed E-state index contributed by atoms with van der Waals surface area (Å²) in [5.41, 5.74) is 0.512. The molecule has 1 aromatic heterocycles. The first-order valence-corrected chi connectivity index (χ1v) is 8.01. The maximum atomic E-state index is 12.4. The normalized spacial score (nSPS) is 18.2. The van der Waals surface area contributed by atoms with Crippen molar-refractivity contribution in [3.63, 3.8) is 0 Å². The number of hydrogen-bond acceptors (Lipinski definition) is 6. The first kappa shape index (κ1) is 16.0. The number of carbonyl (C=O) groups is 1. The number of anilines is 1. The zero-order valence-corrected chi connectivity index (χ0v) is 14.4. The van der Waals surface area contributed by atoms with Crippen molar-refractivity contribution in [2.45, 2.75) is 13.0 Å². The molecule has 0 N–H and O–H groups in total. The van der Waals surface area contributed by atoms with Crippen molar-refractivity contribution in [2.24, 2.45) is 0 Å². The second-order valence-electron chi connectivity index (χ2n) is 5.40. The fourth-order valence-corrected chi connectivity index (χ4v) is 3.16. The fraction of sp³-hybridized carbons (Fsp3) is 0.375. The summed E-state index contributed by atoms with van der Waals surface area (Å²) in [6, 6.07) is 4.53. The zero-order valence-electron chi connectivity index (χ0n) is 12.8. The lowest BCUT2D eigenvalue weighted by Gasteiger charge is -2.31. The molecule has 1 aliphatic heterocycles. The largest absolute Gasteiger partial charge is 0.465 e. The van der Waals surface area contributed by atoms with Crippen LogP contribution in [0, 0.1) is 0 Å². The van der Waals surface area contributed by atoms with E-state index < -0.39 is 5.97 Å². The number of esters is 1. The average molecular weight is 382 g/mol. The zero-order chi connectivity index (χ0) is 16.6. The van der Waals surface area contributed by atoms with Crippen LogP contribution in [-0.4, -0.2) is 38.9 Å². The highest BCUT2D eigenvalue weighted by Crippen LogP contribution is 2.28. The van der Waals surface area contributed by atoms with Crippen LogP contribution >= 0.6 is 15.9 Å². The molecule has 0 spiro atoms. The average Bonchev–Trinajstić information content (AvgIpc) is 2.54. The number of halogens is 1. The van der Waals surface area contributed by atoms with Gasteiger partial charge in [-0.3, -0.25) is 4.79 Å². The molecule has 122 valence electrons. The maximum absolute atomic E-state index is 12.4. The van der Waals surface area contributed by atoms with Crippen molar-refractivity contribution in [1.82, 2.24) is 0 Å². The highest BCUT2D eigenvalue weighted by atomic mass is 79.9. The summed E-state index contributed by atoms with van der Waals surface area (Å²) in [7, 11) is 1.30. The fourth-order valence-electron chi connectivity index (χ4n) is 2.61. The molecular formula is C16H16BrNO5. The number of nitrogens with zero attached hydrogens (tertiary/aromatic N) is 1. The number of rotatable bonds is 2. The van der Waals surface area contributed by atoms with Gasteiger partial charge in [0.2, 0.25) is 0 Å². The van der Waals surface area contributed by atoms with E-state index in [0.29, 0.717) is 46.6 Å². The molecule has 0 amide bonds. The van der Waals surface area contributed by atoms with Crippen LogP contribution in [0.5, 0.6) is 0 Å². The summed E-state index contributed by atoms with van der Waals surface area (Å²) in [4.78, 5) is 26.1. The number of ether oxygens (including phenoxy) is 2. The third-order valence-electron chi connectivity index (χ3n) is 3.74. The summed E-state index contributed by atoms with van der Waals surface area (Å²) in [5.74, 6) is 0.00208. The summed E-state index contributed by atoms with van der Waals surface area (Å²) in [6.45, 7) is 3.89. The van der Waals surface area contributed by atoms with Gasteiger partial charge >= 0.3 is 5.97 Å². The Balaban J connectivity index is 2.10. The topological polar surface area (TPSA) is 69.0 Å². The van der Waals surface area contributed by atoms with E-state index in [9.17, 15) is 9.59 Å². The van der Waals surface area contributed by atoms with Crippen LogP contribution in [0.1, 0.15) is 17.3 Å². The van der Waals surface area contributed by atoms with Gasteiger partial charge in [0.15, 0.2) is 16.9 Å². The molecule has 1 atom stereocenters. The smallest absolute Gasteiger partial charge is 0.337 e. The van der Waals surface area contributed by atoms with Crippen molar-refractivity contribution in [3.05, 3.63) is 38.5 Å². The van der Waals surface area contributed by atoms with E-state index in [2.05, 4.69) is 15.9 Å². The van der Waals surface area contributed by atoms with Crippen LogP contribution < -0.4 is 10.3 Å². The van der Waals surface area contributed by atoms with Crippen LogP contribution in [0.2, 0.25) is 0 Å². The predicted octanol–water partition coefficient (Wildman–Crippen LogP) is 2.57. The van der Waals surface area contributed by atoms with Crippen LogP contribution in [0.3, 0.4) is 0 Å². The van der Waals surface area contributed by atoms with Gasteiger partial charge in [0.1, 0.15) is 0 Å². The first-order valence-electron chi connectivity index (χ1n) is 7.22. The van der Waals surface area contributed by atoms with E-state index in [1.807, 2.05) is 11.8 Å². The van der Waals surface area contributed by atoms with Gasteiger partial charge in [0.25, 0.3) is 0 Å². The Morgan fingerprint density at radius 1 is 1.39 bits per heavy atom. The Bertz CT molecular complexity index is 816. The Labute approximate surface area is 141 Å². The number of hydrogen-bond donors (Lipinski definition) is 0. The van der Waals surface area contributed by atoms with Crippen molar-refractivity contribution in [2.75, 3.05) is 31.7 Å². The molecule has 7 heteroatoms. The molecule has 3 rings (SSSR count). The molecule has 2 aromatic rings. The monoisotopic (exact) mass is 381 g/mol. The van der Waals surface area contributed by atoms with Gasteiger partial charge in [0.05, 0.1) is 35.2 Å². The van der Waals surface area contributed by atoms with Crippen LogP contribution in [0.4, 0.5) is 5.88 Å². The molecule has 2 heterocycles. The van der Waals surface area contributed by atoms with Gasteiger partial charge < -0.3 is 18.8 Å². The summed E-state index contributed by atoms with van der Waals surface area (Å²) in [5, 5.41) is 0.338. The lowest BCUT2D eigenvalue weighted by Crippen LogP contribution is -2.41. The van der Waals surface area contributed by atoms with E-state index in [1.54, 1.807) is 6.07 Å². The number of fused-ring (bicyclic) bond motifs is 1. The molecule has 0 saturated carbocycles. The Kier molecular flexibility index (Phi) is 4.41. The molecule has 1 unspecified atom stereocenters. The molecule has 0 aliphatic carbocycles. The number of benzene rings is 1. The quantitative estimate of drug-likeness (QED) is 0.744. The lowest BCUT2D eigenvalue weighted by molar-refractivity contribution is 0.0517. The van der Waals surface area contributed by atoms with Crippen molar-refractivity contribution < 1.29 is 18.7 Å². The lowest BCUT2D eigenvalue weighted by atomic mass is 10.1. The van der Waals surface area contributed by atoms with E-state index in [4.69, 9.17) is 13.9 Å². The molecule has 1 fully saturated rings. The second-order valence-corrected chi connectivity index (χ2v) is 6.26. The summed E-state index contributed by atoms with van der Waals surface area (Å²) < 4.78 is 16.6. The molecular weight excluding hydrogens is 366 g/mol. The molecule has 1 aromatic carbocycles. The van der Waals surface area contributed by atoms with E-state index >= 15 is 0 Å². The second kappa shape index (κ2) is 6.33. The van der Waals surface area contributed by atoms with Crippen LogP contribution in [0.15, 0.2) is 31.9 Å². The summed E-state index contributed by atoms with van der Waals surface area (Å²) >= 11 is 3.37. The molecule has 6 nitrogen and oxygen atoms in total. The molecule has 1 saturated heterocycles. The minimum Gasteiger partial charge on any atom is -0.465 e. The van der Waals surface area contributed by atoms with Crippen molar-refractivity contribution in [1.29, 1.82) is 0 Å². The first-order chi connectivity index (χ1) is 11.0. The Morgan fingerprint density at radius 3 is 2.87 bits per heavy atom. The van der Waals surface area contributed by atoms with Gasteiger partial charge in [-0.2, -0.15) is 0 Å². The van der Waals surface area contributed by atoms with E-state index in [0.717, 1.165) is 0 Å². The van der Waals surface area contributed by atoms with Gasteiger partial charge in [-0.05, 0) is 35.0 Å².